The minimum atomic E-state index is -2.12. The molecule has 0 aromatic heterocycles. The van der Waals surface area contributed by atoms with Crippen molar-refractivity contribution in [2.24, 2.45) is 23.7 Å². The van der Waals surface area contributed by atoms with E-state index in [1.54, 1.807) is 0 Å². The van der Waals surface area contributed by atoms with Gasteiger partial charge in [-0.15, -0.1) is 0 Å². The van der Waals surface area contributed by atoms with Crippen molar-refractivity contribution in [1.82, 2.24) is 0 Å². The summed E-state index contributed by atoms with van der Waals surface area (Å²) in [5.41, 5.74) is 0.169. The van der Waals surface area contributed by atoms with Crippen molar-refractivity contribution < 1.29 is 47.0 Å². The average Bonchev–Trinajstić information content (AvgIpc) is 4.11. The van der Waals surface area contributed by atoms with E-state index in [-0.39, 0.29) is 66.0 Å². The van der Waals surface area contributed by atoms with Gasteiger partial charge in [0.15, 0.2) is 30.7 Å². The van der Waals surface area contributed by atoms with E-state index in [2.05, 4.69) is 95.2 Å². The molecule has 0 spiro atoms. The van der Waals surface area contributed by atoms with E-state index < -0.39 is 53.5 Å². The van der Waals surface area contributed by atoms with Gasteiger partial charge in [0.05, 0.1) is 41.2 Å². The van der Waals surface area contributed by atoms with E-state index in [0.29, 0.717) is 12.8 Å². The molecule has 0 aliphatic carbocycles. The average molecular weight is 1000 g/mol. The van der Waals surface area contributed by atoms with Gasteiger partial charge in [-0.25, -0.2) is 9.68 Å². The third kappa shape index (κ3) is 16.6. The van der Waals surface area contributed by atoms with Crippen molar-refractivity contribution in [1.29, 1.82) is 0 Å². The fourth-order valence-electron chi connectivity index (χ4n) is 10.2. The summed E-state index contributed by atoms with van der Waals surface area (Å²) in [7, 11) is -5.98. The van der Waals surface area contributed by atoms with Crippen LogP contribution in [0.2, 0.25) is 54.4 Å². The molecule has 386 valence electrons. The number of benzene rings is 1. The summed E-state index contributed by atoms with van der Waals surface area (Å²) in [6.07, 6.45) is 12.4. The van der Waals surface area contributed by atoms with E-state index in [4.69, 9.17) is 32.5 Å². The zero-order valence-corrected chi connectivity index (χ0v) is 47.7. The number of hydrogen-bond acceptors (Lipinski definition) is 11. The zero-order chi connectivity index (χ0) is 50.9. The van der Waals surface area contributed by atoms with Gasteiger partial charge in [-0.05, 0) is 111 Å². The molecule has 2 aliphatic rings. The summed E-state index contributed by atoms with van der Waals surface area (Å²) < 4.78 is 34.3. The number of nitrogens with zero attached hydrogens (tertiary/aromatic N) is 1. The van der Waals surface area contributed by atoms with Crippen LogP contribution in [0, 0.1) is 33.8 Å². The predicted octanol–water partition coefficient (Wildman–Crippen LogP) is 14.2. The normalized spacial score (nSPS) is 25.6. The summed E-state index contributed by atoms with van der Waals surface area (Å²) in [5.74, 6) is -1.65. The van der Waals surface area contributed by atoms with E-state index in [1.165, 1.54) is 24.3 Å². The van der Waals surface area contributed by atoms with Crippen molar-refractivity contribution in [3.05, 3.63) is 70.3 Å². The number of carbonyl (C=O) groups excluding carboxylic acids is 2. The fourth-order valence-corrected chi connectivity index (χ4v) is 19.2. The van der Waals surface area contributed by atoms with Gasteiger partial charge >= 0.3 is 11.9 Å². The quantitative estimate of drug-likeness (QED) is 0.0121. The van der Waals surface area contributed by atoms with E-state index in [1.807, 2.05) is 39.0 Å². The van der Waals surface area contributed by atoms with Crippen molar-refractivity contribution in [3.63, 3.8) is 0 Å². The Morgan fingerprint density at radius 3 is 1.97 bits per heavy atom. The molecule has 12 nitrogen and oxygen atoms in total. The van der Waals surface area contributed by atoms with Crippen LogP contribution in [0.3, 0.4) is 0 Å². The van der Waals surface area contributed by atoms with Gasteiger partial charge < -0.3 is 22.8 Å². The molecule has 0 bridgehead atoms. The second kappa shape index (κ2) is 27.6. The lowest BCUT2D eigenvalue weighted by Crippen LogP contribution is -2.46. The maximum Gasteiger partial charge on any atom is 0.362 e. The van der Waals surface area contributed by atoms with Crippen LogP contribution in [-0.4, -0.2) is 77.9 Å². The number of hydrogen-bond donors (Lipinski definition) is 0. The van der Waals surface area contributed by atoms with Crippen LogP contribution >= 0.6 is 0 Å². The molecule has 0 N–H and O–H groups in total. The molecule has 2 aliphatic heterocycles. The number of nitro groups is 1. The van der Waals surface area contributed by atoms with Crippen LogP contribution < -0.4 is 4.89 Å². The molecule has 3 rings (SSSR count). The first-order valence-electron chi connectivity index (χ1n) is 26.3. The van der Waals surface area contributed by atoms with Gasteiger partial charge in [0.1, 0.15) is 6.10 Å². The molecule has 1 saturated heterocycles. The van der Waals surface area contributed by atoms with E-state index >= 15 is 0 Å². The number of rotatable bonds is 27. The summed E-state index contributed by atoms with van der Waals surface area (Å²) in [5, 5.41) is 11.2. The summed E-state index contributed by atoms with van der Waals surface area (Å²) in [4.78, 5) is 49.3. The number of non-ortho nitro benzene ring substituents is 1. The lowest BCUT2D eigenvalue weighted by atomic mass is 9.86. The van der Waals surface area contributed by atoms with Crippen LogP contribution in [0.4, 0.5) is 5.69 Å². The van der Waals surface area contributed by atoms with E-state index in [0.717, 1.165) is 72.8 Å². The molecule has 2 heterocycles. The largest absolute Gasteiger partial charge is 0.457 e. The van der Waals surface area contributed by atoms with Crippen molar-refractivity contribution in [2.45, 2.75) is 226 Å². The Morgan fingerprint density at radius 2 is 1.44 bits per heavy atom. The third-order valence-corrected chi connectivity index (χ3v) is 30.0. The third-order valence-electron chi connectivity index (χ3n) is 15.9. The lowest BCUT2D eigenvalue weighted by molar-refractivity contribution is -0.384. The van der Waals surface area contributed by atoms with Gasteiger partial charge in [0.25, 0.3) is 5.69 Å². The Labute approximate surface area is 414 Å². The van der Waals surface area contributed by atoms with E-state index in [9.17, 15) is 19.7 Å². The molecule has 0 saturated carbocycles. The number of esters is 1. The van der Waals surface area contributed by atoms with Crippen LogP contribution in [0.15, 0.2) is 60.2 Å². The second-order valence-corrected chi connectivity index (χ2v) is 34.2. The molecular weight excluding hydrogens is 911 g/mol. The summed E-state index contributed by atoms with van der Waals surface area (Å²) >= 11 is 0. The van der Waals surface area contributed by atoms with Gasteiger partial charge in [-0.2, -0.15) is 0 Å². The highest BCUT2D eigenvalue weighted by Crippen LogP contribution is 2.43. The highest BCUT2D eigenvalue weighted by atomic mass is 28.4. The monoisotopic (exact) mass is 1000 g/mol. The van der Waals surface area contributed by atoms with Crippen molar-refractivity contribution >= 4 is 42.6 Å². The predicted molar refractivity (Wildman–Crippen MR) is 281 cm³/mol. The van der Waals surface area contributed by atoms with Crippen LogP contribution in [0.25, 0.3) is 0 Å². The molecule has 68 heavy (non-hydrogen) atoms. The van der Waals surface area contributed by atoms with Gasteiger partial charge in [-0.1, -0.05) is 120 Å². The molecule has 1 fully saturated rings. The zero-order valence-electron chi connectivity index (χ0n) is 44.7. The minimum absolute atomic E-state index is 0.0599. The van der Waals surface area contributed by atoms with Crippen LogP contribution in [0.1, 0.15) is 136 Å². The Balaban J connectivity index is 1.99. The first-order valence-corrected chi connectivity index (χ1v) is 33.9. The standard InChI is InChI=1S/C53H91NO11Si3/c1-16-47(64-67(20-5,21-6)22-7)42(14)51-48(59-51)38-53(15,65-68(23-8,24-9)25-10)36-26-27-40(12)50-41(13)29-35-46(52(56)62-61-44-33-30-43(31-34-44)54(57)58)39(11)28-32-45(37-49(55)60-50)63-66(17-2,18-3)19-4/h26-27,29-31,33-36,39,41-42,45-48,50-51H,16-25,28,32,37-38H2,1-15H3/b35-29+,36-26+,40-27+. The Hall–Kier alpha value is -2.93. The molecule has 10 atom stereocenters. The molecule has 15 heteroatoms. The Morgan fingerprint density at radius 1 is 0.868 bits per heavy atom. The number of epoxide rings is 1. The Kier molecular flexibility index (Phi) is 24.1. The summed E-state index contributed by atoms with van der Waals surface area (Å²) in [6.45, 7) is 32.9. The van der Waals surface area contributed by atoms with Gasteiger partial charge in [-0.3, -0.25) is 19.8 Å². The highest BCUT2D eigenvalue weighted by Gasteiger charge is 2.51. The number of carbonyl (C=O) groups is 2. The SMILES string of the molecule is CCC(O[Si](CC)(CC)CC)C(C)C1OC1CC(C)(/C=C/C=C(\C)C1OC(=O)CC(O[Si](CC)(CC)CC)CCC(C)C(C(=O)OOc2ccc([N+](=O)[O-])cc2)/C=C/C1C)O[Si](CC)(CC)CC. The molecule has 0 amide bonds. The van der Waals surface area contributed by atoms with Crippen LogP contribution in [-0.2, 0) is 37.2 Å². The van der Waals surface area contributed by atoms with Gasteiger partial charge in [0.2, 0.25) is 0 Å². The molecule has 1 aromatic carbocycles. The Bertz CT molecular complexity index is 1790. The van der Waals surface area contributed by atoms with Crippen molar-refractivity contribution in [3.8, 4) is 5.75 Å². The first kappa shape index (κ1) is 59.4. The van der Waals surface area contributed by atoms with Crippen LogP contribution in [0.5, 0.6) is 5.75 Å². The number of nitro benzene ring substituents is 1. The minimum Gasteiger partial charge on any atom is -0.457 e. The number of allylic oxidation sites excluding steroid dienone is 2. The second-order valence-electron chi connectivity index (χ2n) is 20.1. The maximum atomic E-state index is 14.0. The first-order chi connectivity index (χ1) is 32.2. The molecular formula is C53H91NO11Si3. The smallest absolute Gasteiger partial charge is 0.362 e. The molecule has 1 aromatic rings. The number of ether oxygens (including phenoxy) is 2. The summed E-state index contributed by atoms with van der Waals surface area (Å²) in [6, 6.07) is 14.6. The lowest BCUT2D eigenvalue weighted by Gasteiger charge is -2.39. The molecule has 10 unspecified atom stereocenters. The maximum absolute atomic E-state index is 14.0. The topological polar surface area (TPSA) is 145 Å². The highest BCUT2D eigenvalue weighted by molar-refractivity contribution is 6.74. The van der Waals surface area contributed by atoms with Gasteiger partial charge in [0, 0.05) is 36.5 Å². The fraction of sp³-hybridized carbons (Fsp3) is 0.736. The van der Waals surface area contributed by atoms with Crippen molar-refractivity contribution in [2.75, 3.05) is 0 Å². The number of cyclic esters (lactones) is 1. The molecule has 0 radical (unpaired) electrons.